The Kier molecular flexibility index (Phi) is 8.74. The lowest BCUT2D eigenvalue weighted by atomic mass is 9.77. The standard InChI is InChI=1S/C33H34ClN3O4/c1-24-30(31(35-41-24)27-16-9-10-17-28(27)34)32(39)37-19-11-18-33(22-37,23-40-26-14-7-4-8-15-26)20-29(38)36(2)21-25-12-5-3-6-13-25/h3-10,12-17H,11,18-23H2,1-2H3/t33-/m0/s1. The predicted octanol–water partition coefficient (Wildman–Crippen LogP) is 6.65. The maximum atomic E-state index is 14.1. The Labute approximate surface area is 245 Å². The molecule has 0 N–H and O–H groups in total. The van der Waals surface area contributed by atoms with E-state index in [1.54, 1.807) is 17.9 Å². The number of hydrogen-bond donors (Lipinski definition) is 0. The highest BCUT2D eigenvalue weighted by atomic mass is 35.5. The SMILES string of the molecule is Cc1onc(-c2ccccc2Cl)c1C(=O)N1CCC[C@](COc2ccccc2)(CC(=O)N(C)Cc2ccccc2)C1. The molecule has 1 atom stereocenters. The Balaban J connectivity index is 1.40. The lowest BCUT2D eigenvalue weighted by molar-refractivity contribution is -0.134. The molecule has 1 fully saturated rings. The van der Waals surface area contributed by atoms with Gasteiger partial charge < -0.3 is 19.1 Å². The fourth-order valence-corrected chi connectivity index (χ4v) is 5.69. The highest BCUT2D eigenvalue weighted by molar-refractivity contribution is 6.33. The summed E-state index contributed by atoms with van der Waals surface area (Å²) in [6.45, 7) is 3.49. The van der Waals surface area contributed by atoms with Gasteiger partial charge in [0.25, 0.3) is 5.91 Å². The van der Waals surface area contributed by atoms with Crippen molar-refractivity contribution in [2.75, 3.05) is 26.7 Å². The highest BCUT2D eigenvalue weighted by Gasteiger charge is 2.42. The van der Waals surface area contributed by atoms with Crippen molar-refractivity contribution in [3.05, 3.63) is 107 Å². The third-order valence-corrected chi connectivity index (χ3v) is 7.99. The molecule has 2 amide bonds. The van der Waals surface area contributed by atoms with Crippen molar-refractivity contribution < 1.29 is 18.8 Å². The molecule has 0 bridgehead atoms. The number of aromatic nitrogens is 1. The number of benzene rings is 3. The minimum absolute atomic E-state index is 0.0118. The van der Waals surface area contributed by atoms with Gasteiger partial charge in [0.05, 0.1) is 11.6 Å². The number of nitrogens with zero attached hydrogens (tertiary/aromatic N) is 3. The third kappa shape index (κ3) is 6.63. The molecule has 212 valence electrons. The summed E-state index contributed by atoms with van der Waals surface area (Å²) >= 11 is 6.45. The number of carbonyl (C=O) groups is 2. The normalized spacial score (nSPS) is 16.8. The van der Waals surface area contributed by atoms with Crippen LogP contribution in [0.25, 0.3) is 11.3 Å². The number of rotatable bonds is 9. The van der Waals surface area contributed by atoms with Crippen LogP contribution in [0.3, 0.4) is 0 Å². The van der Waals surface area contributed by atoms with Gasteiger partial charge >= 0.3 is 0 Å². The number of ether oxygens (including phenoxy) is 1. The van der Waals surface area contributed by atoms with Gasteiger partial charge in [-0.1, -0.05) is 83.5 Å². The minimum atomic E-state index is -0.568. The monoisotopic (exact) mass is 571 g/mol. The Bertz CT molecular complexity index is 1490. The fraction of sp³-hybridized carbons (Fsp3) is 0.303. The molecule has 8 heteroatoms. The van der Waals surface area contributed by atoms with E-state index in [4.69, 9.17) is 20.9 Å². The molecule has 1 aliphatic heterocycles. The first kappa shape index (κ1) is 28.4. The van der Waals surface area contributed by atoms with Crippen LogP contribution in [0.5, 0.6) is 5.75 Å². The molecule has 1 saturated heterocycles. The van der Waals surface area contributed by atoms with E-state index >= 15 is 0 Å². The van der Waals surface area contributed by atoms with E-state index < -0.39 is 5.41 Å². The summed E-state index contributed by atoms with van der Waals surface area (Å²) in [6, 6.07) is 26.8. The number of halogens is 1. The molecule has 5 rings (SSSR count). The highest BCUT2D eigenvalue weighted by Crippen LogP contribution is 2.38. The van der Waals surface area contributed by atoms with Crippen LogP contribution in [0.15, 0.2) is 89.5 Å². The number of hydrogen-bond acceptors (Lipinski definition) is 5. The molecule has 2 heterocycles. The van der Waals surface area contributed by atoms with E-state index in [1.165, 1.54) is 0 Å². The lowest BCUT2D eigenvalue weighted by Gasteiger charge is -2.43. The zero-order valence-corrected chi connectivity index (χ0v) is 24.1. The quantitative estimate of drug-likeness (QED) is 0.225. The van der Waals surface area contributed by atoms with Gasteiger partial charge in [0.1, 0.15) is 22.8 Å². The molecule has 0 saturated carbocycles. The maximum Gasteiger partial charge on any atom is 0.259 e. The van der Waals surface area contributed by atoms with E-state index in [-0.39, 0.29) is 18.2 Å². The number of carbonyl (C=O) groups excluding carboxylic acids is 2. The second-order valence-corrected chi connectivity index (χ2v) is 11.2. The molecule has 0 unspecified atom stereocenters. The van der Waals surface area contributed by atoms with Crippen molar-refractivity contribution in [1.82, 2.24) is 15.0 Å². The van der Waals surface area contributed by atoms with Crippen LogP contribution in [0, 0.1) is 12.3 Å². The molecule has 0 aliphatic carbocycles. The maximum absolute atomic E-state index is 14.1. The first-order chi connectivity index (χ1) is 19.8. The lowest BCUT2D eigenvalue weighted by Crippen LogP contribution is -2.50. The van der Waals surface area contributed by atoms with Gasteiger partial charge in [0.15, 0.2) is 0 Å². The van der Waals surface area contributed by atoms with Crippen LogP contribution in [0.4, 0.5) is 0 Å². The Morgan fingerprint density at radius 3 is 2.44 bits per heavy atom. The summed E-state index contributed by atoms with van der Waals surface area (Å²) in [5, 5.41) is 4.69. The number of amides is 2. The van der Waals surface area contributed by atoms with Crippen LogP contribution in [-0.4, -0.2) is 53.5 Å². The third-order valence-electron chi connectivity index (χ3n) is 7.66. The zero-order chi connectivity index (χ0) is 28.8. The van der Waals surface area contributed by atoms with Crippen molar-refractivity contribution >= 4 is 23.4 Å². The molecule has 0 radical (unpaired) electrons. The summed E-state index contributed by atoms with van der Waals surface area (Å²) in [6.07, 6.45) is 1.76. The van der Waals surface area contributed by atoms with Crippen LogP contribution >= 0.6 is 11.6 Å². The topological polar surface area (TPSA) is 75.9 Å². The summed E-state index contributed by atoms with van der Waals surface area (Å²) in [4.78, 5) is 31.2. The summed E-state index contributed by atoms with van der Waals surface area (Å²) in [5.41, 5.74) is 1.96. The zero-order valence-electron chi connectivity index (χ0n) is 23.4. The molecule has 1 aromatic heterocycles. The summed E-state index contributed by atoms with van der Waals surface area (Å²) in [5.74, 6) is 0.988. The fourth-order valence-electron chi connectivity index (χ4n) is 5.47. The van der Waals surface area contributed by atoms with Crippen molar-refractivity contribution in [2.24, 2.45) is 5.41 Å². The molecule has 41 heavy (non-hydrogen) atoms. The number of likely N-dealkylation sites (tertiary alicyclic amines) is 1. The number of aryl methyl sites for hydroxylation is 1. The van der Waals surface area contributed by atoms with Crippen LogP contribution in [0.2, 0.25) is 5.02 Å². The largest absolute Gasteiger partial charge is 0.493 e. The Hall–Kier alpha value is -4.10. The average molecular weight is 572 g/mol. The smallest absolute Gasteiger partial charge is 0.259 e. The Morgan fingerprint density at radius 1 is 1.02 bits per heavy atom. The second kappa shape index (κ2) is 12.6. The molecular weight excluding hydrogens is 538 g/mol. The first-order valence-electron chi connectivity index (χ1n) is 13.8. The van der Waals surface area contributed by atoms with E-state index in [2.05, 4.69) is 5.16 Å². The van der Waals surface area contributed by atoms with Gasteiger partial charge in [-0.3, -0.25) is 9.59 Å². The van der Waals surface area contributed by atoms with Crippen molar-refractivity contribution in [3.8, 4) is 17.0 Å². The van der Waals surface area contributed by atoms with Gasteiger partial charge in [0.2, 0.25) is 5.91 Å². The average Bonchev–Trinajstić information content (AvgIpc) is 3.38. The van der Waals surface area contributed by atoms with Gasteiger partial charge in [-0.25, -0.2) is 0 Å². The van der Waals surface area contributed by atoms with Crippen molar-refractivity contribution in [3.63, 3.8) is 0 Å². The summed E-state index contributed by atoms with van der Waals surface area (Å²) in [7, 11) is 1.82. The number of para-hydroxylation sites is 1. The second-order valence-electron chi connectivity index (χ2n) is 10.8. The van der Waals surface area contributed by atoms with Crippen LogP contribution in [0.1, 0.15) is 40.9 Å². The van der Waals surface area contributed by atoms with Crippen molar-refractivity contribution in [2.45, 2.75) is 32.7 Å². The van der Waals surface area contributed by atoms with Gasteiger partial charge in [-0.2, -0.15) is 0 Å². The molecule has 7 nitrogen and oxygen atoms in total. The molecule has 3 aromatic carbocycles. The van der Waals surface area contributed by atoms with E-state index in [1.807, 2.05) is 90.8 Å². The van der Waals surface area contributed by atoms with E-state index in [0.29, 0.717) is 53.8 Å². The van der Waals surface area contributed by atoms with Gasteiger partial charge in [-0.05, 0) is 43.5 Å². The molecule has 4 aromatic rings. The Morgan fingerprint density at radius 2 is 1.71 bits per heavy atom. The minimum Gasteiger partial charge on any atom is -0.493 e. The molecular formula is C33H34ClN3O4. The van der Waals surface area contributed by atoms with Crippen LogP contribution in [-0.2, 0) is 11.3 Å². The molecule has 1 aliphatic rings. The predicted molar refractivity (Wildman–Crippen MR) is 159 cm³/mol. The first-order valence-corrected chi connectivity index (χ1v) is 14.2. The van der Waals surface area contributed by atoms with E-state index in [0.717, 1.165) is 24.2 Å². The van der Waals surface area contributed by atoms with Crippen molar-refractivity contribution in [1.29, 1.82) is 0 Å². The van der Waals surface area contributed by atoms with Crippen LogP contribution < -0.4 is 4.74 Å². The van der Waals surface area contributed by atoms with Gasteiger partial charge in [-0.15, -0.1) is 0 Å². The van der Waals surface area contributed by atoms with E-state index in [9.17, 15) is 9.59 Å². The summed E-state index contributed by atoms with van der Waals surface area (Å²) < 4.78 is 11.7. The number of piperidine rings is 1. The van der Waals surface area contributed by atoms with Gasteiger partial charge in [0, 0.05) is 44.1 Å². The molecule has 0 spiro atoms.